The van der Waals surface area contributed by atoms with E-state index in [1.54, 1.807) is 0 Å². The number of carbonyl (C=O) groups excluding carboxylic acids is 1. The highest BCUT2D eigenvalue weighted by atomic mass is 16.2. The number of amides is 1. The van der Waals surface area contributed by atoms with Gasteiger partial charge in [-0.3, -0.25) is 4.79 Å². The number of pyridine rings is 1. The van der Waals surface area contributed by atoms with Gasteiger partial charge in [0.1, 0.15) is 5.65 Å². The van der Waals surface area contributed by atoms with E-state index < -0.39 is 0 Å². The predicted octanol–water partition coefficient (Wildman–Crippen LogP) is 2.07. The predicted molar refractivity (Wildman–Crippen MR) is 61.2 cm³/mol. The largest absolute Gasteiger partial charge is 0.309 e. The summed E-state index contributed by atoms with van der Waals surface area (Å²) in [4.78, 5) is 16.0. The molecule has 1 saturated carbocycles. The van der Waals surface area contributed by atoms with Gasteiger partial charge in [-0.15, -0.1) is 0 Å². The number of aromatic nitrogens is 2. The molecule has 1 aliphatic carbocycles. The molecule has 0 spiro atoms. The van der Waals surface area contributed by atoms with Gasteiger partial charge in [-0.05, 0) is 25.0 Å². The Hall–Kier alpha value is -1.84. The SMILES string of the molecule is O=C(Nc1cn2ccccc2n1)C1CCC1. The van der Waals surface area contributed by atoms with Crippen molar-refractivity contribution in [3.8, 4) is 0 Å². The molecular weight excluding hydrogens is 202 g/mol. The molecule has 1 aliphatic rings. The minimum atomic E-state index is 0.106. The minimum Gasteiger partial charge on any atom is -0.309 e. The molecule has 1 amide bonds. The van der Waals surface area contributed by atoms with Crippen molar-refractivity contribution in [3.05, 3.63) is 30.6 Å². The lowest BCUT2D eigenvalue weighted by molar-refractivity contribution is -0.122. The summed E-state index contributed by atoms with van der Waals surface area (Å²) in [6, 6.07) is 5.78. The molecule has 0 radical (unpaired) electrons. The van der Waals surface area contributed by atoms with Crippen LogP contribution in [0.1, 0.15) is 19.3 Å². The fraction of sp³-hybridized carbons (Fsp3) is 0.333. The van der Waals surface area contributed by atoms with E-state index in [0.717, 1.165) is 18.5 Å². The average Bonchev–Trinajstić information content (AvgIpc) is 2.56. The molecule has 82 valence electrons. The second-order valence-corrected chi connectivity index (χ2v) is 4.21. The molecular formula is C12H13N3O. The van der Waals surface area contributed by atoms with E-state index in [-0.39, 0.29) is 11.8 Å². The van der Waals surface area contributed by atoms with E-state index >= 15 is 0 Å². The van der Waals surface area contributed by atoms with Crippen LogP contribution in [0, 0.1) is 5.92 Å². The van der Waals surface area contributed by atoms with Crippen molar-refractivity contribution < 1.29 is 4.79 Å². The van der Waals surface area contributed by atoms with Crippen LogP contribution in [-0.2, 0) is 4.79 Å². The molecule has 0 bridgehead atoms. The van der Waals surface area contributed by atoms with Crippen LogP contribution in [0.2, 0.25) is 0 Å². The van der Waals surface area contributed by atoms with Crippen molar-refractivity contribution in [2.45, 2.75) is 19.3 Å². The number of hydrogen-bond donors (Lipinski definition) is 1. The van der Waals surface area contributed by atoms with Crippen molar-refractivity contribution in [2.75, 3.05) is 5.32 Å². The lowest BCUT2D eigenvalue weighted by Crippen LogP contribution is -2.28. The molecule has 0 atom stereocenters. The summed E-state index contributed by atoms with van der Waals surface area (Å²) >= 11 is 0. The normalized spacial score (nSPS) is 16.0. The number of nitrogens with one attached hydrogen (secondary N) is 1. The molecule has 2 aromatic rings. The summed E-state index contributed by atoms with van der Waals surface area (Å²) < 4.78 is 1.90. The topological polar surface area (TPSA) is 46.4 Å². The number of hydrogen-bond acceptors (Lipinski definition) is 2. The van der Waals surface area contributed by atoms with Crippen LogP contribution in [-0.4, -0.2) is 15.3 Å². The Morgan fingerprint density at radius 3 is 3.00 bits per heavy atom. The van der Waals surface area contributed by atoms with Gasteiger partial charge in [-0.25, -0.2) is 4.98 Å². The molecule has 0 unspecified atom stereocenters. The summed E-state index contributed by atoms with van der Waals surface area (Å²) in [5, 5.41) is 2.86. The van der Waals surface area contributed by atoms with Gasteiger partial charge in [0, 0.05) is 12.1 Å². The Kier molecular flexibility index (Phi) is 2.13. The van der Waals surface area contributed by atoms with Crippen LogP contribution in [0.25, 0.3) is 5.65 Å². The molecule has 2 aromatic heterocycles. The minimum absolute atomic E-state index is 0.106. The first-order valence-corrected chi connectivity index (χ1v) is 5.57. The van der Waals surface area contributed by atoms with Crippen LogP contribution >= 0.6 is 0 Å². The number of imidazole rings is 1. The second kappa shape index (κ2) is 3.63. The summed E-state index contributed by atoms with van der Waals surface area (Å²) in [6.45, 7) is 0. The first-order valence-electron chi connectivity index (χ1n) is 5.57. The number of fused-ring (bicyclic) bond motifs is 1. The zero-order valence-electron chi connectivity index (χ0n) is 8.89. The monoisotopic (exact) mass is 215 g/mol. The van der Waals surface area contributed by atoms with E-state index in [4.69, 9.17) is 0 Å². The molecule has 2 heterocycles. The Labute approximate surface area is 93.3 Å². The molecule has 16 heavy (non-hydrogen) atoms. The van der Waals surface area contributed by atoms with Gasteiger partial charge >= 0.3 is 0 Å². The van der Waals surface area contributed by atoms with Gasteiger partial charge in [-0.2, -0.15) is 0 Å². The highest BCUT2D eigenvalue weighted by Crippen LogP contribution is 2.27. The molecule has 3 rings (SSSR count). The summed E-state index contributed by atoms with van der Waals surface area (Å²) in [5.74, 6) is 0.947. The lowest BCUT2D eigenvalue weighted by atomic mass is 9.85. The smallest absolute Gasteiger partial charge is 0.228 e. The highest BCUT2D eigenvalue weighted by Gasteiger charge is 2.25. The summed E-state index contributed by atoms with van der Waals surface area (Å²) in [7, 11) is 0. The van der Waals surface area contributed by atoms with E-state index in [2.05, 4.69) is 10.3 Å². The fourth-order valence-corrected chi connectivity index (χ4v) is 1.89. The van der Waals surface area contributed by atoms with Crippen molar-refractivity contribution in [1.29, 1.82) is 0 Å². The van der Waals surface area contributed by atoms with Gasteiger partial charge in [0.05, 0.1) is 6.20 Å². The quantitative estimate of drug-likeness (QED) is 0.833. The van der Waals surface area contributed by atoms with E-state index in [1.807, 2.05) is 35.0 Å². The van der Waals surface area contributed by atoms with Crippen LogP contribution < -0.4 is 5.32 Å². The Bertz CT molecular complexity index is 495. The third kappa shape index (κ3) is 1.56. The maximum atomic E-state index is 11.7. The van der Waals surface area contributed by atoms with Gasteiger partial charge in [0.2, 0.25) is 5.91 Å². The highest BCUT2D eigenvalue weighted by molar-refractivity contribution is 5.92. The van der Waals surface area contributed by atoms with Crippen molar-refractivity contribution in [1.82, 2.24) is 9.38 Å². The molecule has 1 fully saturated rings. The molecule has 4 nitrogen and oxygen atoms in total. The van der Waals surface area contributed by atoms with Gasteiger partial charge in [0.25, 0.3) is 0 Å². The maximum Gasteiger partial charge on any atom is 0.228 e. The van der Waals surface area contributed by atoms with Crippen molar-refractivity contribution in [3.63, 3.8) is 0 Å². The zero-order valence-corrected chi connectivity index (χ0v) is 8.89. The fourth-order valence-electron chi connectivity index (χ4n) is 1.89. The van der Waals surface area contributed by atoms with Crippen LogP contribution in [0.4, 0.5) is 5.82 Å². The average molecular weight is 215 g/mol. The molecule has 1 N–H and O–H groups in total. The molecule has 0 saturated heterocycles. The number of nitrogens with zero attached hydrogens (tertiary/aromatic N) is 2. The molecule has 0 aliphatic heterocycles. The second-order valence-electron chi connectivity index (χ2n) is 4.21. The van der Waals surface area contributed by atoms with E-state index in [9.17, 15) is 4.79 Å². The first-order chi connectivity index (χ1) is 7.83. The van der Waals surface area contributed by atoms with Gasteiger partial charge < -0.3 is 9.72 Å². The number of rotatable bonds is 2. The molecule has 4 heteroatoms. The van der Waals surface area contributed by atoms with Gasteiger partial charge in [0.15, 0.2) is 5.82 Å². The van der Waals surface area contributed by atoms with Crippen LogP contribution in [0.15, 0.2) is 30.6 Å². The summed E-state index contributed by atoms with van der Waals surface area (Å²) in [6.07, 6.45) is 6.95. The lowest BCUT2D eigenvalue weighted by Gasteiger charge is -2.23. The van der Waals surface area contributed by atoms with Crippen LogP contribution in [0.3, 0.4) is 0 Å². The first kappa shape index (κ1) is 9.39. The number of carbonyl (C=O) groups is 1. The Balaban J connectivity index is 1.80. The van der Waals surface area contributed by atoms with E-state index in [0.29, 0.717) is 5.82 Å². The van der Waals surface area contributed by atoms with Crippen molar-refractivity contribution in [2.24, 2.45) is 5.92 Å². The molecule has 0 aromatic carbocycles. The standard InChI is InChI=1S/C12H13N3O/c16-12(9-4-3-5-9)14-10-8-15-7-2-1-6-11(15)13-10/h1-2,6-9H,3-5H2,(H,14,16). The maximum absolute atomic E-state index is 11.7. The van der Waals surface area contributed by atoms with E-state index in [1.165, 1.54) is 6.42 Å². The third-order valence-electron chi connectivity index (χ3n) is 3.09. The Morgan fingerprint density at radius 2 is 2.31 bits per heavy atom. The van der Waals surface area contributed by atoms with Crippen LogP contribution in [0.5, 0.6) is 0 Å². The number of anilines is 1. The van der Waals surface area contributed by atoms with Gasteiger partial charge in [-0.1, -0.05) is 12.5 Å². The van der Waals surface area contributed by atoms with Crippen molar-refractivity contribution >= 4 is 17.4 Å². The third-order valence-corrected chi connectivity index (χ3v) is 3.09. The summed E-state index contributed by atoms with van der Waals surface area (Å²) in [5.41, 5.74) is 0.853. The Morgan fingerprint density at radius 1 is 1.44 bits per heavy atom. The zero-order chi connectivity index (χ0) is 11.0.